The number of carbonyl (C=O) groups is 7. The van der Waals surface area contributed by atoms with Crippen molar-refractivity contribution in [2.45, 2.75) is 62.7 Å². The van der Waals surface area contributed by atoms with Crippen LogP contribution in [0, 0.1) is 0 Å². The molecule has 0 aliphatic heterocycles. The molecule has 0 aromatic heterocycles. The zero-order valence-corrected chi connectivity index (χ0v) is 20.7. The van der Waals surface area contributed by atoms with Gasteiger partial charge in [-0.15, -0.1) is 0 Å². The quantitative estimate of drug-likeness (QED) is 0.0960. The van der Waals surface area contributed by atoms with E-state index in [1.807, 2.05) is 0 Å². The summed E-state index contributed by atoms with van der Waals surface area (Å²) in [5.74, 6) is -8.26. The normalized spacial score (nSPS) is 13.7. The minimum atomic E-state index is -1.72. The number of phenols is 1. The topological polar surface area (TPSA) is 289 Å². The fourth-order valence-electron chi connectivity index (χ4n) is 3.24. The summed E-state index contributed by atoms with van der Waals surface area (Å²) in [6, 6.07) is -0.740. The van der Waals surface area contributed by atoms with Gasteiger partial charge >= 0.3 is 17.9 Å². The molecule has 0 bridgehead atoms. The largest absolute Gasteiger partial charge is 0.508 e. The maximum absolute atomic E-state index is 13.0. The summed E-state index contributed by atoms with van der Waals surface area (Å²) in [5.41, 5.74) is 11.1. The van der Waals surface area contributed by atoms with E-state index in [0.29, 0.717) is 5.56 Å². The number of nitrogens with one attached hydrogen (secondary N) is 3. The monoisotopic (exact) mass is 553 g/mol. The molecule has 1 aromatic carbocycles. The number of amides is 4. The number of benzene rings is 1. The molecule has 0 fully saturated rings. The lowest BCUT2D eigenvalue weighted by Crippen LogP contribution is -2.58. The molecule has 0 radical (unpaired) electrons. The Balaban J connectivity index is 3.15. The molecule has 214 valence electrons. The molecule has 0 aliphatic rings. The third-order valence-corrected chi connectivity index (χ3v) is 5.32. The number of carbonyl (C=O) groups excluding carboxylic acids is 4. The van der Waals surface area contributed by atoms with Gasteiger partial charge in [0, 0.05) is 19.3 Å². The minimum absolute atomic E-state index is 0.0969. The molecule has 4 amide bonds. The van der Waals surface area contributed by atoms with E-state index < -0.39 is 85.0 Å². The molecule has 0 saturated heterocycles. The number of hydrogen-bond acceptors (Lipinski definition) is 9. The first-order chi connectivity index (χ1) is 18.2. The Kier molecular flexibility index (Phi) is 12.8. The average Bonchev–Trinajstić information content (AvgIpc) is 2.84. The van der Waals surface area contributed by atoms with Gasteiger partial charge < -0.3 is 47.8 Å². The summed E-state index contributed by atoms with van der Waals surface area (Å²) < 4.78 is 0. The van der Waals surface area contributed by atoms with Gasteiger partial charge in [-0.3, -0.25) is 28.8 Å². The molecule has 4 atom stereocenters. The van der Waals surface area contributed by atoms with Gasteiger partial charge in [-0.2, -0.15) is 0 Å². The summed E-state index contributed by atoms with van der Waals surface area (Å²) in [6.45, 7) is 0. The van der Waals surface area contributed by atoms with Crippen molar-refractivity contribution in [2.24, 2.45) is 11.5 Å². The molecule has 0 spiro atoms. The Morgan fingerprint density at radius 1 is 0.718 bits per heavy atom. The molecular formula is C23H31N5O11. The fraction of sp³-hybridized carbons (Fsp3) is 0.435. The number of rotatable bonds is 17. The molecule has 16 heteroatoms. The number of aromatic hydroxyl groups is 1. The highest BCUT2D eigenvalue weighted by Crippen LogP contribution is 2.12. The van der Waals surface area contributed by atoms with E-state index >= 15 is 0 Å². The smallest absolute Gasteiger partial charge is 0.326 e. The van der Waals surface area contributed by atoms with Gasteiger partial charge in [-0.25, -0.2) is 4.79 Å². The van der Waals surface area contributed by atoms with Crippen molar-refractivity contribution < 1.29 is 54.0 Å². The summed E-state index contributed by atoms with van der Waals surface area (Å²) >= 11 is 0. The van der Waals surface area contributed by atoms with Crippen LogP contribution in [0.3, 0.4) is 0 Å². The maximum Gasteiger partial charge on any atom is 0.326 e. The van der Waals surface area contributed by atoms with E-state index in [9.17, 15) is 48.9 Å². The second kappa shape index (κ2) is 15.5. The van der Waals surface area contributed by atoms with Crippen molar-refractivity contribution >= 4 is 41.5 Å². The van der Waals surface area contributed by atoms with Gasteiger partial charge in [0.2, 0.25) is 23.6 Å². The first-order valence-corrected chi connectivity index (χ1v) is 11.6. The van der Waals surface area contributed by atoms with Gasteiger partial charge in [0.15, 0.2) is 0 Å². The van der Waals surface area contributed by atoms with Crippen LogP contribution in [0.1, 0.15) is 37.7 Å². The maximum atomic E-state index is 13.0. The third-order valence-electron chi connectivity index (χ3n) is 5.32. The number of hydrogen-bond donors (Lipinski definition) is 9. The van der Waals surface area contributed by atoms with E-state index in [1.54, 1.807) is 0 Å². The Hall–Kier alpha value is -4.73. The number of primary amides is 1. The number of carboxylic acid groups (broad SMARTS) is 3. The van der Waals surface area contributed by atoms with Gasteiger partial charge in [0.1, 0.15) is 23.9 Å². The lowest BCUT2D eigenvalue weighted by Gasteiger charge is -2.24. The van der Waals surface area contributed by atoms with Crippen LogP contribution in [0.25, 0.3) is 0 Å². The number of aliphatic carboxylic acids is 3. The first-order valence-electron chi connectivity index (χ1n) is 11.6. The first kappa shape index (κ1) is 32.3. The lowest BCUT2D eigenvalue weighted by atomic mass is 10.0. The molecule has 0 heterocycles. The van der Waals surface area contributed by atoms with Crippen LogP contribution in [-0.4, -0.2) is 86.1 Å². The number of carboxylic acids is 3. The molecule has 0 saturated carbocycles. The zero-order valence-electron chi connectivity index (χ0n) is 20.7. The fourth-order valence-corrected chi connectivity index (χ4v) is 3.24. The Bertz CT molecular complexity index is 1080. The predicted molar refractivity (Wildman–Crippen MR) is 131 cm³/mol. The van der Waals surface area contributed by atoms with Gasteiger partial charge in [0.25, 0.3) is 0 Å². The van der Waals surface area contributed by atoms with E-state index in [2.05, 4.69) is 16.0 Å². The third kappa shape index (κ3) is 12.4. The van der Waals surface area contributed by atoms with Crippen molar-refractivity contribution in [1.29, 1.82) is 0 Å². The molecule has 11 N–H and O–H groups in total. The highest BCUT2D eigenvalue weighted by Gasteiger charge is 2.32. The average molecular weight is 554 g/mol. The zero-order chi connectivity index (χ0) is 29.7. The Labute approximate surface area is 221 Å². The molecule has 1 aromatic rings. The number of phenolic OH excluding ortho intramolecular Hbond substituents is 1. The van der Waals surface area contributed by atoms with Crippen LogP contribution < -0.4 is 27.4 Å². The van der Waals surface area contributed by atoms with E-state index in [1.165, 1.54) is 24.3 Å². The lowest BCUT2D eigenvalue weighted by molar-refractivity contribution is -0.144. The Morgan fingerprint density at radius 2 is 1.26 bits per heavy atom. The van der Waals surface area contributed by atoms with Crippen LogP contribution in [0.4, 0.5) is 0 Å². The van der Waals surface area contributed by atoms with E-state index in [4.69, 9.17) is 16.6 Å². The summed E-state index contributed by atoms with van der Waals surface area (Å²) in [5, 5.41) is 43.4. The van der Waals surface area contributed by atoms with Crippen LogP contribution in [0.15, 0.2) is 24.3 Å². The van der Waals surface area contributed by atoms with Crippen molar-refractivity contribution in [1.82, 2.24) is 16.0 Å². The van der Waals surface area contributed by atoms with Gasteiger partial charge in [-0.05, 0) is 30.5 Å². The molecule has 4 unspecified atom stereocenters. The van der Waals surface area contributed by atoms with Crippen molar-refractivity contribution in [2.75, 3.05) is 0 Å². The summed E-state index contributed by atoms with van der Waals surface area (Å²) in [7, 11) is 0. The summed E-state index contributed by atoms with van der Waals surface area (Å²) in [4.78, 5) is 82.9. The van der Waals surface area contributed by atoms with E-state index in [0.717, 1.165) is 0 Å². The summed E-state index contributed by atoms with van der Waals surface area (Å²) in [6.07, 6.45) is -2.63. The van der Waals surface area contributed by atoms with Crippen LogP contribution >= 0.6 is 0 Å². The standard InChI is InChI=1S/C23H31N5O11/c24-13(5-7-17(25)30)20(35)27-16(10-19(33)34)22(37)28-15(9-11-1-3-12(29)4-2-11)21(36)26-14(23(38)39)6-8-18(31)32/h1-4,13-16,29H,5-10,24H2,(H2,25,30)(H,26,36)(H,27,35)(H,28,37)(H,31,32)(H,33,34)(H,38,39). The molecule has 39 heavy (non-hydrogen) atoms. The SMILES string of the molecule is NC(=O)CCC(N)C(=O)NC(CC(=O)O)C(=O)NC(Cc1ccc(O)cc1)C(=O)NC(CCC(=O)O)C(=O)O. The van der Waals surface area contributed by atoms with Crippen molar-refractivity contribution in [3.05, 3.63) is 29.8 Å². The van der Waals surface area contributed by atoms with Crippen LogP contribution in [-0.2, 0) is 40.0 Å². The molecule has 1 rings (SSSR count). The molecular weight excluding hydrogens is 522 g/mol. The second-order valence-corrected chi connectivity index (χ2v) is 8.53. The predicted octanol–water partition coefficient (Wildman–Crippen LogP) is -2.59. The van der Waals surface area contributed by atoms with Crippen molar-refractivity contribution in [3.63, 3.8) is 0 Å². The van der Waals surface area contributed by atoms with Crippen molar-refractivity contribution in [3.8, 4) is 5.75 Å². The van der Waals surface area contributed by atoms with Crippen LogP contribution in [0.2, 0.25) is 0 Å². The van der Waals surface area contributed by atoms with Gasteiger partial charge in [0.05, 0.1) is 12.5 Å². The highest BCUT2D eigenvalue weighted by molar-refractivity contribution is 5.96. The van der Waals surface area contributed by atoms with E-state index in [-0.39, 0.29) is 25.0 Å². The van der Waals surface area contributed by atoms with Gasteiger partial charge in [-0.1, -0.05) is 12.1 Å². The highest BCUT2D eigenvalue weighted by atomic mass is 16.4. The second-order valence-electron chi connectivity index (χ2n) is 8.53. The Morgan fingerprint density at radius 3 is 1.77 bits per heavy atom. The molecule has 0 aliphatic carbocycles. The minimum Gasteiger partial charge on any atom is -0.508 e. The number of nitrogens with two attached hydrogens (primary N) is 2. The molecule has 16 nitrogen and oxygen atoms in total. The van der Waals surface area contributed by atoms with Crippen LogP contribution in [0.5, 0.6) is 5.75 Å².